The molecular weight excluding hydrogens is 444 g/mol. The second-order valence-electron chi connectivity index (χ2n) is 9.31. The number of aromatic nitrogens is 3. The molecule has 0 spiro atoms. The predicted octanol–water partition coefficient (Wildman–Crippen LogP) is 3.06. The monoisotopic (exact) mass is 478 g/mol. The first-order chi connectivity index (χ1) is 16.8. The maximum absolute atomic E-state index is 13.0. The number of carbonyl (C=O) groups is 1. The highest BCUT2D eigenvalue weighted by Crippen LogP contribution is 2.25. The molecule has 0 bridgehead atoms. The molecule has 0 radical (unpaired) electrons. The van der Waals surface area contributed by atoms with E-state index in [1.807, 2.05) is 19.4 Å². The maximum atomic E-state index is 13.0. The molecule has 186 valence electrons. The summed E-state index contributed by atoms with van der Waals surface area (Å²) in [6.45, 7) is 7.39. The number of ether oxygens (including phenoxy) is 2. The number of esters is 1. The minimum atomic E-state index is -0.473. The zero-order valence-corrected chi connectivity index (χ0v) is 21.0. The summed E-state index contributed by atoms with van der Waals surface area (Å²) < 4.78 is 14.5. The molecule has 1 aliphatic heterocycles. The first kappa shape index (κ1) is 24.7. The van der Waals surface area contributed by atoms with Crippen molar-refractivity contribution < 1.29 is 14.3 Å². The number of benzene rings is 1. The van der Waals surface area contributed by atoms with Gasteiger partial charge in [-0.05, 0) is 37.8 Å². The molecule has 0 aliphatic carbocycles. The van der Waals surface area contributed by atoms with Crippen molar-refractivity contribution in [1.82, 2.24) is 19.2 Å². The lowest BCUT2D eigenvalue weighted by atomic mass is 10.1. The Morgan fingerprint density at radius 2 is 1.83 bits per heavy atom. The van der Waals surface area contributed by atoms with Gasteiger partial charge in [-0.15, -0.1) is 0 Å². The number of pyridine rings is 1. The van der Waals surface area contributed by atoms with E-state index in [-0.39, 0.29) is 5.56 Å². The molecule has 1 aliphatic rings. The molecule has 0 fully saturated rings. The summed E-state index contributed by atoms with van der Waals surface area (Å²) in [6, 6.07) is 8.00. The van der Waals surface area contributed by atoms with E-state index in [0.717, 1.165) is 38.0 Å². The maximum Gasteiger partial charge on any atom is 0.343 e. The fourth-order valence-corrected chi connectivity index (χ4v) is 4.87. The third kappa shape index (κ3) is 6.00. The Hall–Kier alpha value is -3.39. The quantitative estimate of drug-likeness (QED) is 0.366. The van der Waals surface area contributed by atoms with Crippen LogP contribution in [0.15, 0.2) is 41.5 Å². The van der Waals surface area contributed by atoms with Crippen molar-refractivity contribution in [3.8, 4) is 5.75 Å². The van der Waals surface area contributed by atoms with Gasteiger partial charge in [0.25, 0.3) is 5.56 Å². The Labute approximate surface area is 206 Å². The third-order valence-corrected chi connectivity index (χ3v) is 6.39. The normalized spacial score (nSPS) is 13.8. The standard InChI is InChI=1S/C27H34N4O4/c1-19-12-20(2)14-22(13-19)18-30-8-7-23-26(27(33)34-4)24(15-25(32)31(23)10-9-30)35-11-5-6-21-16-28-29(3)17-21/h12-17H,5-11,18H2,1-4H3. The van der Waals surface area contributed by atoms with Crippen LogP contribution in [0.25, 0.3) is 0 Å². The van der Waals surface area contributed by atoms with Crippen LogP contribution in [0.1, 0.15) is 44.7 Å². The summed E-state index contributed by atoms with van der Waals surface area (Å²) in [7, 11) is 3.24. The summed E-state index contributed by atoms with van der Waals surface area (Å²) in [6.07, 6.45) is 5.92. The zero-order valence-electron chi connectivity index (χ0n) is 21.0. The highest BCUT2D eigenvalue weighted by atomic mass is 16.5. The van der Waals surface area contributed by atoms with Crippen LogP contribution in [0, 0.1) is 13.8 Å². The molecule has 0 unspecified atom stereocenters. The van der Waals surface area contributed by atoms with E-state index in [1.54, 1.807) is 9.25 Å². The highest BCUT2D eigenvalue weighted by molar-refractivity contribution is 5.93. The first-order valence-corrected chi connectivity index (χ1v) is 12.1. The van der Waals surface area contributed by atoms with E-state index in [0.29, 0.717) is 36.6 Å². The summed E-state index contributed by atoms with van der Waals surface area (Å²) in [5.74, 6) is -0.166. The Kier molecular flexibility index (Phi) is 7.70. The fourth-order valence-electron chi connectivity index (χ4n) is 4.87. The molecule has 0 saturated heterocycles. The van der Waals surface area contributed by atoms with Crippen LogP contribution < -0.4 is 10.3 Å². The number of aryl methyl sites for hydroxylation is 4. The van der Waals surface area contributed by atoms with Gasteiger partial charge in [0.15, 0.2) is 0 Å². The van der Waals surface area contributed by atoms with Gasteiger partial charge in [0.1, 0.15) is 11.3 Å². The van der Waals surface area contributed by atoms with E-state index in [2.05, 4.69) is 42.0 Å². The minimum Gasteiger partial charge on any atom is -0.492 e. The number of hydrogen-bond donors (Lipinski definition) is 0. The van der Waals surface area contributed by atoms with E-state index < -0.39 is 5.97 Å². The van der Waals surface area contributed by atoms with Gasteiger partial charge in [-0.2, -0.15) is 5.10 Å². The number of methoxy groups -OCH3 is 1. The molecule has 1 aromatic carbocycles. The Bertz CT molecular complexity index is 1240. The van der Waals surface area contributed by atoms with E-state index in [9.17, 15) is 9.59 Å². The fraction of sp³-hybridized carbons (Fsp3) is 0.444. The summed E-state index contributed by atoms with van der Waals surface area (Å²) >= 11 is 0. The second kappa shape index (κ2) is 10.9. The molecule has 0 amide bonds. The summed E-state index contributed by atoms with van der Waals surface area (Å²) in [5.41, 5.74) is 5.77. The largest absolute Gasteiger partial charge is 0.492 e. The van der Waals surface area contributed by atoms with Crippen molar-refractivity contribution >= 4 is 5.97 Å². The smallest absolute Gasteiger partial charge is 0.343 e. The van der Waals surface area contributed by atoms with Crippen LogP contribution in [-0.2, 0) is 37.7 Å². The molecule has 0 saturated carbocycles. The lowest BCUT2D eigenvalue weighted by Crippen LogP contribution is -2.29. The van der Waals surface area contributed by atoms with Gasteiger partial charge < -0.3 is 14.0 Å². The van der Waals surface area contributed by atoms with Crippen molar-refractivity contribution in [3.63, 3.8) is 0 Å². The molecule has 3 aromatic rings. The molecule has 8 nitrogen and oxygen atoms in total. The average Bonchev–Trinajstić information content (AvgIpc) is 3.11. The number of fused-ring (bicyclic) bond motifs is 1. The van der Waals surface area contributed by atoms with Gasteiger partial charge in [0.2, 0.25) is 0 Å². The van der Waals surface area contributed by atoms with Gasteiger partial charge in [0, 0.05) is 57.6 Å². The van der Waals surface area contributed by atoms with Crippen molar-refractivity contribution in [2.75, 3.05) is 26.8 Å². The van der Waals surface area contributed by atoms with Gasteiger partial charge in [-0.1, -0.05) is 29.3 Å². The summed E-state index contributed by atoms with van der Waals surface area (Å²) in [5, 5.41) is 4.18. The number of carbonyl (C=O) groups excluding carboxylic acids is 1. The van der Waals surface area contributed by atoms with Crippen molar-refractivity contribution in [2.24, 2.45) is 7.05 Å². The second-order valence-corrected chi connectivity index (χ2v) is 9.31. The van der Waals surface area contributed by atoms with Crippen LogP contribution in [0.5, 0.6) is 5.75 Å². The lowest BCUT2D eigenvalue weighted by Gasteiger charge is -2.20. The highest BCUT2D eigenvalue weighted by Gasteiger charge is 2.26. The number of hydrogen-bond acceptors (Lipinski definition) is 6. The molecule has 35 heavy (non-hydrogen) atoms. The molecular formula is C27H34N4O4. The first-order valence-electron chi connectivity index (χ1n) is 12.1. The summed E-state index contributed by atoms with van der Waals surface area (Å²) in [4.78, 5) is 28.1. The SMILES string of the molecule is COC(=O)c1c(OCCCc2cnn(C)c2)cc(=O)n2c1CCN(Cc1cc(C)cc(C)c1)CC2. The van der Waals surface area contributed by atoms with Crippen LogP contribution in [0.2, 0.25) is 0 Å². The van der Waals surface area contributed by atoms with Crippen LogP contribution >= 0.6 is 0 Å². The van der Waals surface area contributed by atoms with Gasteiger partial charge >= 0.3 is 5.97 Å². The number of rotatable bonds is 8. The Morgan fingerprint density at radius 3 is 2.51 bits per heavy atom. The van der Waals surface area contributed by atoms with E-state index in [1.165, 1.54) is 29.9 Å². The Morgan fingerprint density at radius 1 is 1.06 bits per heavy atom. The molecule has 0 N–H and O–H groups in total. The molecule has 2 aromatic heterocycles. The molecule has 0 atom stereocenters. The predicted molar refractivity (Wildman–Crippen MR) is 134 cm³/mol. The van der Waals surface area contributed by atoms with Crippen molar-refractivity contribution in [3.05, 3.63) is 80.5 Å². The molecule has 3 heterocycles. The van der Waals surface area contributed by atoms with Gasteiger partial charge in [-0.3, -0.25) is 14.4 Å². The Balaban J connectivity index is 1.51. The minimum absolute atomic E-state index is 0.150. The number of nitrogens with zero attached hydrogens (tertiary/aromatic N) is 4. The van der Waals surface area contributed by atoms with Crippen molar-refractivity contribution in [1.29, 1.82) is 0 Å². The average molecular weight is 479 g/mol. The van der Waals surface area contributed by atoms with Crippen molar-refractivity contribution in [2.45, 2.75) is 46.2 Å². The molecule has 8 heteroatoms. The van der Waals surface area contributed by atoms with Gasteiger partial charge in [0.05, 0.1) is 19.9 Å². The van der Waals surface area contributed by atoms with E-state index >= 15 is 0 Å². The molecule has 4 rings (SSSR count). The third-order valence-electron chi connectivity index (χ3n) is 6.39. The van der Waals surface area contributed by atoms with E-state index in [4.69, 9.17) is 9.47 Å². The topological polar surface area (TPSA) is 78.6 Å². The van der Waals surface area contributed by atoms with Crippen LogP contribution in [0.3, 0.4) is 0 Å². The lowest BCUT2D eigenvalue weighted by molar-refractivity contribution is 0.0593. The van der Waals surface area contributed by atoms with Crippen LogP contribution in [-0.4, -0.2) is 52.0 Å². The van der Waals surface area contributed by atoms with Gasteiger partial charge in [-0.25, -0.2) is 4.79 Å². The van der Waals surface area contributed by atoms with Crippen LogP contribution in [0.4, 0.5) is 0 Å². The zero-order chi connectivity index (χ0) is 24.9.